The molecule has 0 amide bonds. The highest BCUT2D eigenvalue weighted by Crippen LogP contribution is 2.13. The van der Waals surface area contributed by atoms with Crippen molar-refractivity contribution in [1.82, 2.24) is 0 Å². The van der Waals surface area contributed by atoms with Crippen molar-refractivity contribution in [1.29, 1.82) is 0 Å². The lowest BCUT2D eigenvalue weighted by Gasteiger charge is -2.18. The largest absolute Gasteiger partial charge is 0.462 e. The molecule has 62 heavy (non-hydrogen) atoms. The number of ether oxygens (including phenoxy) is 3. The SMILES string of the molecule is CC/C=C\C/C=C\C/C=C\CCCCCC(=O)OCC(COC(=O)CCCCCCC/C=C\C/C=C\CCCCCC)OC(=O)CCCCCCC/C=C\CCCCCCCC. The van der Waals surface area contributed by atoms with Crippen LogP contribution in [0.2, 0.25) is 0 Å². The first-order valence-corrected chi connectivity index (χ1v) is 25.9. The fraction of sp³-hybridized carbons (Fsp3) is 0.732. The molecule has 0 saturated heterocycles. The second-order valence-electron chi connectivity index (χ2n) is 17.0. The Morgan fingerprint density at radius 2 is 0.629 bits per heavy atom. The Bertz CT molecular complexity index is 1180. The van der Waals surface area contributed by atoms with E-state index >= 15 is 0 Å². The van der Waals surface area contributed by atoms with Gasteiger partial charge < -0.3 is 14.2 Å². The number of carbonyl (C=O) groups excluding carboxylic acids is 3. The number of hydrogen-bond donors (Lipinski definition) is 0. The summed E-state index contributed by atoms with van der Waals surface area (Å²) >= 11 is 0. The Morgan fingerprint density at radius 1 is 0.339 bits per heavy atom. The summed E-state index contributed by atoms with van der Waals surface area (Å²) in [5, 5.41) is 0. The molecular weight excluding hydrogens is 769 g/mol. The third-order valence-corrected chi connectivity index (χ3v) is 10.9. The van der Waals surface area contributed by atoms with E-state index in [-0.39, 0.29) is 31.1 Å². The molecule has 1 atom stereocenters. The molecule has 0 N–H and O–H groups in total. The second-order valence-corrected chi connectivity index (χ2v) is 17.0. The molecule has 0 saturated carbocycles. The van der Waals surface area contributed by atoms with Crippen molar-refractivity contribution < 1.29 is 28.6 Å². The van der Waals surface area contributed by atoms with Crippen LogP contribution >= 0.6 is 0 Å². The van der Waals surface area contributed by atoms with Gasteiger partial charge in [-0.2, -0.15) is 0 Å². The molecular formula is C56H96O6. The van der Waals surface area contributed by atoms with Crippen LogP contribution in [0.25, 0.3) is 0 Å². The molecule has 6 nitrogen and oxygen atoms in total. The van der Waals surface area contributed by atoms with Gasteiger partial charge in [0.1, 0.15) is 13.2 Å². The molecule has 0 aromatic carbocycles. The van der Waals surface area contributed by atoms with Gasteiger partial charge in [0.2, 0.25) is 0 Å². The lowest BCUT2D eigenvalue weighted by Crippen LogP contribution is -2.30. The minimum absolute atomic E-state index is 0.0957. The molecule has 0 spiro atoms. The van der Waals surface area contributed by atoms with E-state index in [2.05, 4.69) is 93.7 Å². The highest BCUT2D eigenvalue weighted by Gasteiger charge is 2.19. The topological polar surface area (TPSA) is 78.9 Å². The van der Waals surface area contributed by atoms with Crippen LogP contribution in [0, 0.1) is 0 Å². The average Bonchev–Trinajstić information content (AvgIpc) is 3.27. The van der Waals surface area contributed by atoms with Crippen molar-refractivity contribution in [3.8, 4) is 0 Å². The van der Waals surface area contributed by atoms with Crippen LogP contribution < -0.4 is 0 Å². The summed E-state index contributed by atoms with van der Waals surface area (Å²) < 4.78 is 16.8. The van der Waals surface area contributed by atoms with Gasteiger partial charge in [-0.25, -0.2) is 0 Å². The molecule has 0 aliphatic rings. The smallest absolute Gasteiger partial charge is 0.306 e. The highest BCUT2D eigenvalue weighted by atomic mass is 16.6. The van der Waals surface area contributed by atoms with Crippen molar-refractivity contribution in [3.05, 3.63) is 72.9 Å². The van der Waals surface area contributed by atoms with E-state index in [1.54, 1.807) is 0 Å². The van der Waals surface area contributed by atoms with Crippen molar-refractivity contribution in [3.63, 3.8) is 0 Å². The molecule has 6 heteroatoms. The monoisotopic (exact) mass is 865 g/mol. The lowest BCUT2D eigenvalue weighted by atomic mass is 10.1. The number of unbranched alkanes of at least 4 members (excludes halogenated alkanes) is 23. The van der Waals surface area contributed by atoms with Crippen LogP contribution in [0.15, 0.2) is 72.9 Å². The summed E-state index contributed by atoms with van der Waals surface area (Å²) in [7, 11) is 0. The first kappa shape index (κ1) is 58.9. The van der Waals surface area contributed by atoms with Gasteiger partial charge in [-0.1, -0.05) is 190 Å². The molecule has 0 bridgehead atoms. The van der Waals surface area contributed by atoms with Gasteiger partial charge in [0, 0.05) is 19.3 Å². The van der Waals surface area contributed by atoms with Crippen molar-refractivity contribution in [2.45, 2.75) is 252 Å². The van der Waals surface area contributed by atoms with Gasteiger partial charge in [-0.3, -0.25) is 14.4 Å². The summed E-state index contributed by atoms with van der Waals surface area (Å²) in [5.74, 6) is -0.946. The zero-order valence-electron chi connectivity index (χ0n) is 40.6. The molecule has 0 fully saturated rings. The predicted octanol–water partition coefficient (Wildman–Crippen LogP) is 17.0. The normalized spacial score (nSPS) is 12.6. The fourth-order valence-electron chi connectivity index (χ4n) is 7.01. The van der Waals surface area contributed by atoms with Gasteiger partial charge in [-0.05, 0) is 109 Å². The molecule has 1 unspecified atom stereocenters. The summed E-state index contributed by atoms with van der Waals surface area (Å²) in [4.78, 5) is 38.0. The van der Waals surface area contributed by atoms with E-state index in [1.165, 1.54) is 83.5 Å². The molecule has 0 aliphatic heterocycles. The Labute approximate surface area is 382 Å². The van der Waals surface area contributed by atoms with Crippen LogP contribution in [0.5, 0.6) is 0 Å². The summed E-state index contributed by atoms with van der Waals surface area (Å²) in [6, 6.07) is 0. The number of hydrogen-bond acceptors (Lipinski definition) is 6. The van der Waals surface area contributed by atoms with Gasteiger partial charge >= 0.3 is 17.9 Å². The maximum Gasteiger partial charge on any atom is 0.306 e. The summed E-state index contributed by atoms with van der Waals surface area (Å²) in [6.45, 7) is 6.46. The molecule has 0 rings (SSSR count). The standard InChI is InChI=1S/C56H96O6/c1-4-7-10-13-16-19-22-25-27-29-31-34-37-40-43-46-49-55(58)61-52-53(51-60-54(57)48-45-42-39-36-33-30-24-21-18-15-12-9-6-3)62-56(59)50-47-44-41-38-35-32-28-26-23-20-17-14-11-8-5-2/h9,12,18-19,21-22,26-30,33,53H,4-8,10-11,13-17,20,23-25,31-32,34-52H2,1-3H3/b12-9-,21-18-,22-19-,28-26-,29-27-,33-30-. The number of carbonyl (C=O) groups is 3. The van der Waals surface area contributed by atoms with E-state index in [4.69, 9.17) is 14.2 Å². The molecule has 0 radical (unpaired) electrons. The van der Waals surface area contributed by atoms with Crippen LogP contribution in [0.3, 0.4) is 0 Å². The van der Waals surface area contributed by atoms with E-state index in [1.807, 2.05) is 0 Å². The van der Waals surface area contributed by atoms with Crippen LogP contribution in [0.1, 0.15) is 245 Å². The van der Waals surface area contributed by atoms with Gasteiger partial charge in [-0.15, -0.1) is 0 Å². The molecule has 0 heterocycles. The predicted molar refractivity (Wildman–Crippen MR) is 265 cm³/mol. The van der Waals surface area contributed by atoms with E-state index in [9.17, 15) is 14.4 Å². The van der Waals surface area contributed by atoms with Crippen LogP contribution in [-0.2, 0) is 28.6 Å². The third-order valence-electron chi connectivity index (χ3n) is 10.9. The highest BCUT2D eigenvalue weighted by molar-refractivity contribution is 5.71. The maximum atomic E-state index is 12.8. The molecule has 0 aromatic rings. The molecule has 0 aromatic heterocycles. The quantitative estimate of drug-likeness (QED) is 0.0262. The Balaban J connectivity index is 4.45. The minimum atomic E-state index is -0.797. The zero-order valence-corrected chi connectivity index (χ0v) is 40.6. The Kier molecular flexibility index (Phi) is 47.9. The maximum absolute atomic E-state index is 12.8. The van der Waals surface area contributed by atoms with Crippen LogP contribution in [0.4, 0.5) is 0 Å². The first-order chi connectivity index (χ1) is 30.5. The zero-order chi connectivity index (χ0) is 45.1. The summed E-state index contributed by atoms with van der Waals surface area (Å²) in [5.41, 5.74) is 0. The molecule has 0 aliphatic carbocycles. The van der Waals surface area contributed by atoms with Crippen molar-refractivity contribution in [2.75, 3.05) is 13.2 Å². The van der Waals surface area contributed by atoms with E-state index in [0.29, 0.717) is 19.3 Å². The fourth-order valence-corrected chi connectivity index (χ4v) is 7.01. The number of esters is 3. The van der Waals surface area contributed by atoms with E-state index < -0.39 is 6.10 Å². The van der Waals surface area contributed by atoms with E-state index in [0.717, 1.165) is 122 Å². The van der Waals surface area contributed by atoms with Gasteiger partial charge in [0.25, 0.3) is 0 Å². The Hall–Kier alpha value is -3.15. The minimum Gasteiger partial charge on any atom is -0.462 e. The second kappa shape index (κ2) is 50.5. The first-order valence-electron chi connectivity index (χ1n) is 25.9. The average molecular weight is 865 g/mol. The van der Waals surface area contributed by atoms with Gasteiger partial charge in [0.05, 0.1) is 0 Å². The van der Waals surface area contributed by atoms with Crippen LogP contribution in [-0.4, -0.2) is 37.2 Å². The third kappa shape index (κ3) is 47.9. The Morgan fingerprint density at radius 3 is 1.03 bits per heavy atom. The number of rotatable bonds is 46. The van der Waals surface area contributed by atoms with Crippen molar-refractivity contribution in [2.24, 2.45) is 0 Å². The molecule has 356 valence electrons. The van der Waals surface area contributed by atoms with Crippen molar-refractivity contribution >= 4 is 17.9 Å². The van der Waals surface area contributed by atoms with Gasteiger partial charge in [0.15, 0.2) is 6.10 Å². The summed E-state index contributed by atoms with van der Waals surface area (Å²) in [6.07, 6.45) is 63.1. The number of allylic oxidation sites excluding steroid dienone is 12. The lowest BCUT2D eigenvalue weighted by molar-refractivity contribution is -0.167.